The Morgan fingerprint density at radius 3 is 2.69 bits per heavy atom. The predicted octanol–water partition coefficient (Wildman–Crippen LogP) is 3.31. The van der Waals surface area contributed by atoms with Gasteiger partial charge in [0, 0.05) is 25.8 Å². The number of sulfonamides is 1. The van der Waals surface area contributed by atoms with E-state index in [0.29, 0.717) is 25.1 Å². The van der Waals surface area contributed by atoms with E-state index in [4.69, 9.17) is 0 Å². The molecule has 1 aliphatic heterocycles. The molecule has 0 unspecified atom stereocenters. The van der Waals surface area contributed by atoms with Crippen molar-refractivity contribution < 1.29 is 17.6 Å². The molecule has 0 N–H and O–H groups in total. The standard InChI is InChI=1S/C27H26FN7O3S/c1-2-12-34-25(17-30-32-34)39(37,38)33-13-10-20-14-24-19(16-31-35(24)22-8-6-21(28)7-9-22)15-27(20,18-33)26(36)23-5-3-4-11-29-23/h3-9,11,14,16-17H,2,10,12-13,15,18H2,1H3/t27-/m0/s1. The van der Waals surface area contributed by atoms with E-state index in [-0.39, 0.29) is 41.8 Å². The van der Waals surface area contributed by atoms with Gasteiger partial charge in [-0.25, -0.2) is 22.2 Å². The average molecular weight is 548 g/mol. The van der Waals surface area contributed by atoms with Crippen LogP contribution in [0.4, 0.5) is 4.39 Å². The van der Waals surface area contributed by atoms with E-state index in [1.165, 1.54) is 27.3 Å². The van der Waals surface area contributed by atoms with Crippen molar-refractivity contribution in [3.05, 3.63) is 89.4 Å². The van der Waals surface area contributed by atoms with Gasteiger partial charge in [-0.15, -0.1) is 5.10 Å². The zero-order chi connectivity index (χ0) is 27.2. The molecule has 0 radical (unpaired) electrons. The third kappa shape index (κ3) is 4.20. The molecule has 1 aromatic carbocycles. The molecule has 1 saturated heterocycles. The quantitative estimate of drug-likeness (QED) is 0.326. The highest BCUT2D eigenvalue weighted by molar-refractivity contribution is 7.89. The molecule has 200 valence electrons. The fraction of sp³-hybridized carbons (Fsp3) is 0.296. The molecule has 2 aliphatic rings. The maximum Gasteiger partial charge on any atom is 0.261 e. The van der Waals surface area contributed by atoms with Crippen LogP contribution in [0.2, 0.25) is 0 Å². The third-order valence-electron chi connectivity index (χ3n) is 7.41. The number of hydrogen-bond acceptors (Lipinski definition) is 7. The molecule has 1 aliphatic carbocycles. The summed E-state index contributed by atoms with van der Waals surface area (Å²) in [6.07, 6.45) is 7.73. The largest absolute Gasteiger partial charge is 0.291 e. The number of hydrogen-bond donors (Lipinski definition) is 0. The number of benzene rings is 1. The van der Waals surface area contributed by atoms with E-state index in [0.717, 1.165) is 16.8 Å². The maximum absolute atomic E-state index is 14.2. The number of piperidine rings is 1. The van der Waals surface area contributed by atoms with Gasteiger partial charge in [0.25, 0.3) is 10.0 Å². The summed E-state index contributed by atoms with van der Waals surface area (Å²) in [7, 11) is -3.98. The van der Waals surface area contributed by atoms with E-state index in [9.17, 15) is 17.6 Å². The number of halogens is 1. The van der Waals surface area contributed by atoms with Gasteiger partial charge >= 0.3 is 0 Å². The summed E-state index contributed by atoms with van der Waals surface area (Å²) in [5.74, 6) is -0.586. The van der Waals surface area contributed by atoms with Gasteiger partial charge in [0.2, 0.25) is 0 Å². The second kappa shape index (κ2) is 9.62. The Kier molecular flexibility index (Phi) is 6.23. The first kappa shape index (κ1) is 25.3. The van der Waals surface area contributed by atoms with Gasteiger partial charge in [0.1, 0.15) is 11.5 Å². The second-order valence-corrected chi connectivity index (χ2v) is 11.7. The van der Waals surface area contributed by atoms with E-state index in [2.05, 4.69) is 20.4 Å². The molecule has 1 fully saturated rings. The van der Waals surface area contributed by atoms with Crippen LogP contribution in [-0.2, 0) is 23.0 Å². The predicted molar refractivity (Wildman–Crippen MR) is 140 cm³/mol. The van der Waals surface area contributed by atoms with Crippen LogP contribution in [0.1, 0.15) is 41.5 Å². The Morgan fingerprint density at radius 1 is 1.13 bits per heavy atom. The van der Waals surface area contributed by atoms with Crippen LogP contribution in [0.15, 0.2) is 71.7 Å². The molecular weight excluding hydrogens is 521 g/mol. The van der Waals surface area contributed by atoms with Crippen molar-refractivity contribution in [1.82, 2.24) is 34.1 Å². The molecular formula is C27H26FN7O3S. The Labute approximate surface area is 224 Å². The van der Waals surface area contributed by atoms with Crippen LogP contribution in [0.5, 0.6) is 0 Å². The fourth-order valence-electron chi connectivity index (χ4n) is 5.50. The minimum Gasteiger partial charge on any atom is -0.291 e. The molecule has 6 rings (SSSR count). The zero-order valence-electron chi connectivity index (χ0n) is 21.2. The molecule has 0 amide bonds. The fourth-order valence-corrected chi connectivity index (χ4v) is 7.06. The van der Waals surface area contributed by atoms with Crippen LogP contribution in [0, 0.1) is 11.2 Å². The Balaban J connectivity index is 1.44. The molecule has 10 nitrogen and oxygen atoms in total. The number of Topliss-reactive ketones (excluding diaryl/α,β-unsaturated/α-hetero) is 1. The van der Waals surface area contributed by atoms with Crippen LogP contribution in [0.25, 0.3) is 11.8 Å². The van der Waals surface area contributed by atoms with Crippen LogP contribution in [-0.4, -0.2) is 61.4 Å². The molecule has 3 aromatic heterocycles. The summed E-state index contributed by atoms with van der Waals surface area (Å²) in [5, 5.41) is 12.3. The summed E-state index contributed by atoms with van der Waals surface area (Å²) in [5.41, 5.74) is 2.21. The van der Waals surface area contributed by atoms with E-state index in [1.807, 2.05) is 13.0 Å². The monoisotopic (exact) mass is 547 g/mol. The average Bonchev–Trinajstić information content (AvgIpc) is 3.59. The van der Waals surface area contributed by atoms with Gasteiger partial charge in [-0.1, -0.05) is 23.8 Å². The normalized spacial score (nSPS) is 19.3. The van der Waals surface area contributed by atoms with Gasteiger partial charge < -0.3 is 0 Å². The molecule has 0 bridgehead atoms. The van der Waals surface area contributed by atoms with Gasteiger partial charge in [-0.05, 0) is 67.3 Å². The number of fused-ring (bicyclic) bond motifs is 2. The minimum atomic E-state index is -3.98. The third-order valence-corrected chi connectivity index (χ3v) is 9.24. The number of aromatic nitrogens is 6. The molecule has 1 atom stereocenters. The number of carbonyl (C=O) groups excluding carboxylic acids is 1. The zero-order valence-corrected chi connectivity index (χ0v) is 22.1. The number of pyridine rings is 1. The Morgan fingerprint density at radius 2 is 1.95 bits per heavy atom. The number of nitrogens with zero attached hydrogens (tertiary/aromatic N) is 7. The number of ketones is 1. The van der Waals surface area contributed by atoms with Crippen molar-refractivity contribution in [2.45, 2.75) is 37.8 Å². The second-order valence-electron chi connectivity index (χ2n) is 9.80. The van der Waals surface area contributed by atoms with Crippen molar-refractivity contribution >= 4 is 21.9 Å². The topological polar surface area (TPSA) is 116 Å². The molecule has 0 saturated carbocycles. The van der Waals surface area contributed by atoms with Crippen molar-refractivity contribution in [3.63, 3.8) is 0 Å². The molecule has 12 heteroatoms. The summed E-state index contributed by atoms with van der Waals surface area (Å²) in [4.78, 5) is 18.5. The van der Waals surface area contributed by atoms with Gasteiger partial charge in [-0.3, -0.25) is 9.78 Å². The maximum atomic E-state index is 14.2. The molecule has 4 aromatic rings. The van der Waals surface area contributed by atoms with Crippen LogP contribution in [0.3, 0.4) is 0 Å². The van der Waals surface area contributed by atoms with Gasteiger partial charge in [0.15, 0.2) is 10.8 Å². The highest BCUT2D eigenvalue weighted by Gasteiger charge is 2.51. The van der Waals surface area contributed by atoms with Crippen molar-refractivity contribution in [2.24, 2.45) is 5.41 Å². The highest BCUT2D eigenvalue weighted by atomic mass is 32.2. The van der Waals surface area contributed by atoms with E-state index < -0.39 is 15.4 Å². The van der Waals surface area contributed by atoms with Gasteiger partial charge in [-0.2, -0.15) is 9.40 Å². The van der Waals surface area contributed by atoms with E-state index >= 15 is 0 Å². The molecule has 39 heavy (non-hydrogen) atoms. The highest BCUT2D eigenvalue weighted by Crippen LogP contribution is 2.47. The SMILES string of the molecule is CCCn1nncc1S(=O)(=O)N1CCC2=Cc3c(cnn3-c3ccc(F)cc3)C[C@]2(C(=O)c2ccccn2)C1. The summed E-state index contributed by atoms with van der Waals surface area (Å²) in [6.45, 7) is 2.50. The summed E-state index contributed by atoms with van der Waals surface area (Å²) >= 11 is 0. The molecule has 0 spiro atoms. The lowest BCUT2D eigenvalue weighted by atomic mass is 9.65. The van der Waals surface area contributed by atoms with Gasteiger partial charge in [0.05, 0.1) is 29.2 Å². The van der Waals surface area contributed by atoms with Crippen LogP contribution >= 0.6 is 0 Å². The van der Waals surface area contributed by atoms with Crippen molar-refractivity contribution in [3.8, 4) is 5.69 Å². The first-order valence-electron chi connectivity index (χ1n) is 12.7. The Bertz CT molecular complexity index is 1680. The Hall–Kier alpha value is -4.03. The smallest absolute Gasteiger partial charge is 0.261 e. The van der Waals surface area contributed by atoms with Crippen LogP contribution < -0.4 is 0 Å². The summed E-state index contributed by atoms with van der Waals surface area (Å²) < 4.78 is 45.6. The number of aryl methyl sites for hydroxylation is 1. The molecule has 4 heterocycles. The number of rotatable bonds is 7. The first-order valence-corrected chi connectivity index (χ1v) is 14.2. The number of carbonyl (C=O) groups is 1. The lowest BCUT2D eigenvalue weighted by Crippen LogP contribution is -2.53. The van der Waals surface area contributed by atoms with Crippen molar-refractivity contribution in [1.29, 1.82) is 0 Å². The van der Waals surface area contributed by atoms with E-state index in [1.54, 1.807) is 47.4 Å². The summed E-state index contributed by atoms with van der Waals surface area (Å²) in [6, 6.07) is 11.2. The lowest BCUT2D eigenvalue weighted by molar-refractivity contribution is 0.0770. The van der Waals surface area contributed by atoms with Crippen molar-refractivity contribution in [2.75, 3.05) is 13.1 Å². The lowest BCUT2D eigenvalue weighted by Gasteiger charge is -2.44. The minimum absolute atomic E-state index is 0.0119. The first-order chi connectivity index (χ1) is 18.8.